The molecule has 0 spiro atoms. The number of aryl methyl sites for hydroxylation is 2. The maximum atomic E-state index is 6.24. The first-order valence-electron chi connectivity index (χ1n) is 6.66. The Kier molecular flexibility index (Phi) is 5.04. The molecule has 0 saturated heterocycles. The minimum Gasteiger partial charge on any atom is -0.487 e. The van der Waals surface area contributed by atoms with Crippen molar-refractivity contribution < 1.29 is 9.26 Å². The van der Waals surface area contributed by atoms with Gasteiger partial charge in [-0.2, -0.15) is 0 Å². The summed E-state index contributed by atoms with van der Waals surface area (Å²) >= 11 is 6.24. The van der Waals surface area contributed by atoms with Crippen LogP contribution in [0.25, 0.3) is 0 Å². The van der Waals surface area contributed by atoms with Crippen molar-refractivity contribution in [1.82, 2.24) is 10.5 Å². The van der Waals surface area contributed by atoms with Crippen LogP contribution in [0.3, 0.4) is 0 Å². The summed E-state index contributed by atoms with van der Waals surface area (Å²) in [7, 11) is 0. The van der Waals surface area contributed by atoms with Crippen molar-refractivity contribution in [2.75, 3.05) is 6.54 Å². The summed E-state index contributed by atoms with van der Waals surface area (Å²) in [5.41, 5.74) is 2.87. The third-order valence-electron chi connectivity index (χ3n) is 3.16. The lowest BCUT2D eigenvalue weighted by Gasteiger charge is -2.13. The molecule has 4 nitrogen and oxygen atoms in total. The molecule has 0 bridgehead atoms. The molecule has 1 N–H and O–H groups in total. The lowest BCUT2D eigenvalue weighted by molar-refractivity contribution is 0.298. The molecule has 0 unspecified atom stereocenters. The summed E-state index contributed by atoms with van der Waals surface area (Å²) in [4.78, 5) is 0. The highest BCUT2D eigenvalue weighted by Gasteiger charge is 2.13. The lowest BCUT2D eigenvalue weighted by Crippen LogP contribution is -2.13. The lowest BCUT2D eigenvalue weighted by atomic mass is 10.2. The van der Waals surface area contributed by atoms with Crippen LogP contribution >= 0.6 is 11.6 Å². The van der Waals surface area contributed by atoms with Gasteiger partial charge in [0.25, 0.3) is 0 Å². The topological polar surface area (TPSA) is 47.3 Å². The normalized spacial score (nSPS) is 10.8. The summed E-state index contributed by atoms with van der Waals surface area (Å²) in [5.74, 6) is 1.50. The molecule has 1 aromatic heterocycles. The van der Waals surface area contributed by atoms with Crippen molar-refractivity contribution in [3.63, 3.8) is 0 Å². The summed E-state index contributed by atoms with van der Waals surface area (Å²) in [5, 5.41) is 7.82. The van der Waals surface area contributed by atoms with Crippen LogP contribution < -0.4 is 10.1 Å². The molecule has 2 aromatic rings. The smallest absolute Gasteiger partial charge is 0.142 e. The van der Waals surface area contributed by atoms with Gasteiger partial charge in [0.2, 0.25) is 0 Å². The van der Waals surface area contributed by atoms with Crippen LogP contribution in [0.4, 0.5) is 0 Å². The predicted molar refractivity (Wildman–Crippen MR) is 79.1 cm³/mol. The van der Waals surface area contributed by atoms with Crippen molar-refractivity contribution in [1.29, 1.82) is 0 Å². The molecule has 0 atom stereocenters. The Bertz CT molecular complexity index is 562. The number of ether oxygens (including phenoxy) is 1. The number of rotatable bonds is 6. The van der Waals surface area contributed by atoms with E-state index in [1.165, 1.54) is 0 Å². The van der Waals surface area contributed by atoms with Gasteiger partial charge in [-0.1, -0.05) is 35.8 Å². The quantitative estimate of drug-likeness (QED) is 0.884. The minimum absolute atomic E-state index is 0.407. The average molecular weight is 295 g/mol. The van der Waals surface area contributed by atoms with Crippen LogP contribution in [0, 0.1) is 13.8 Å². The van der Waals surface area contributed by atoms with Gasteiger partial charge in [0.15, 0.2) is 0 Å². The van der Waals surface area contributed by atoms with Crippen LogP contribution in [-0.4, -0.2) is 11.7 Å². The Morgan fingerprint density at radius 1 is 1.35 bits per heavy atom. The van der Waals surface area contributed by atoms with E-state index < -0.39 is 0 Å². The van der Waals surface area contributed by atoms with E-state index in [1.807, 2.05) is 32.0 Å². The van der Waals surface area contributed by atoms with E-state index in [0.717, 1.165) is 41.4 Å². The summed E-state index contributed by atoms with van der Waals surface area (Å²) in [6, 6.07) is 5.77. The highest BCUT2D eigenvalue weighted by atomic mass is 35.5. The van der Waals surface area contributed by atoms with Crippen LogP contribution in [0.2, 0.25) is 5.02 Å². The fraction of sp³-hybridized carbons (Fsp3) is 0.400. The number of para-hydroxylation sites is 1. The molecular formula is C15H19ClN2O2. The van der Waals surface area contributed by atoms with E-state index in [4.69, 9.17) is 20.9 Å². The van der Waals surface area contributed by atoms with E-state index in [2.05, 4.69) is 17.4 Å². The predicted octanol–water partition coefficient (Wildman–Crippen LogP) is 3.63. The van der Waals surface area contributed by atoms with Gasteiger partial charge < -0.3 is 14.6 Å². The van der Waals surface area contributed by atoms with Crippen LogP contribution in [-0.2, 0) is 13.2 Å². The van der Waals surface area contributed by atoms with E-state index in [-0.39, 0.29) is 0 Å². The van der Waals surface area contributed by atoms with Crippen LogP contribution in [0.5, 0.6) is 5.75 Å². The third kappa shape index (κ3) is 3.32. The summed E-state index contributed by atoms with van der Waals surface area (Å²) in [6.45, 7) is 7.88. The number of nitrogens with one attached hydrogen (secondary N) is 1. The van der Waals surface area contributed by atoms with Gasteiger partial charge in [-0.05, 0) is 26.5 Å². The van der Waals surface area contributed by atoms with E-state index in [9.17, 15) is 0 Å². The highest BCUT2D eigenvalue weighted by molar-refractivity contribution is 6.32. The van der Waals surface area contributed by atoms with Crippen molar-refractivity contribution in [3.8, 4) is 5.75 Å². The molecule has 0 radical (unpaired) electrons. The second-order valence-corrected chi connectivity index (χ2v) is 5.01. The van der Waals surface area contributed by atoms with Gasteiger partial charge in [0.05, 0.1) is 16.3 Å². The first-order valence-corrected chi connectivity index (χ1v) is 7.04. The Balaban J connectivity index is 2.16. The number of halogens is 1. The number of hydrogen-bond acceptors (Lipinski definition) is 4. The monoisotopic (exact) mass is 294 g/mol. The fourth-order valence-corrected chi connectivity index (χ4v) is 2.21. The molecule has 1 heterocycles. The maximum absolute atomic E-state index is 6.24. The number of aromatic nitrogens is 1. The molecule has 108 valence electrons. The maximum Gasteiger partial charge on any atom is 0.142 e. The molecule has 1 aromatic carbocycles. The molecule has 0 aliphatic carbocycles. The molecular weight excluding hydrogens is 276 g/mol. The van der Waals surface area contributed by atoms with Gasteiger partial charge in [-0.3, -0.25) is 0 Å². The largest absolute Gasteiger partial charge is 0.487 e. The average Bonchev–Trinajstić information content (AvgIpc) is 2.75. The second-order valence-electron chi connectivity index (χ2n) is 4.60. The summed E-state index contributed by atoms with van der Waals surface area (Å²) in [6.07, 6.45) is 0. The molecule has 0 amide bonds. The van der Waals surface area contributed by atoms with Gasteiger partial charge in [-0.15, -0.1) is 0 Å². The van der Waals surface area contributed by atoms with Gasteiger partial charge in [-0.25, -0.2) is 0 Å². The fourth-order valence-electron chi connectivity index (χ4n) is 1.97. The zero-order valence-electron chi connectivity index (χ0n) is 12.0. The summed E-state index contributed by atoms with van der Waals surface area (Å²) < 4.78 is 11.0. The number of benzene rings is 1. The second kappa shape index (κ2) is 6.77. The van der Waals surface area contributed by atoms with Crippen LogP contribution in [0.1, 0.15) is 29.5 Å². The van der Waals surface area contributed by atoms with Gasteiger partial charge in [0, 0.05) is 12.1 Å². The Hall–Kier alpha value is -1.52. The van der Waals surface area contributed by atoms with Gasteiger partial charge >= 0.3 is 0 Å². The van der Waals surface area contributed by atoms with Crippen molar-refractivity contribution in [2.45, 2.75) is 33.9 Å². The van der Waals surface area contributed by atoms with E-state index in [1.54, 1.807) is 0 Å². The number of hydrogen-bond donors (Lipinski definition) is 1. The number of nitrogens with zero attached hydrogens (tertiary/aromatic N) is 1. The molecule has 0 aliphatic rings. The van der Waals surface area contributed by atoms with Gasteiger partial charge in [0.1, 0.15) is 18.1 Å². The van der Waals surface area contributed by atoms with Crippen molar-refractivity contribution in [3.05, 3.63) is 45.8 Å². The Labute approximate surface area is 124 Å². The first-order chi connectivity index (χ1) is 9.63. The van der Waals surface area contributed by atoms with Crippen molar-refractivity contribution >= 4 is 11.6 Å². The zero-order valence-corrected chi connectivity index (χ0v) is 12.8. The molecule has 20 heavy (non-hydrogen) atoms. The van der Waals surface area contributed by atoms with Crippen molar-refractivity contribution in [2.24, 2.45) is 0 Å². The minimum atomic E-state index is 0.407. The van der Waals surface area contributed by atoms with Crippen LogP contribution in [0.15, 0.2) is 22.7 Å². The molecule has 0 saturated carbocycles. The molecule has 2 rings (SSSR count). The SMILES string of the molecule is CCNCc1cccc(Cl)c1OCc1c(C)noc1C. The molecule has 0 fully saturated rings. The third-order valence-corrected chi connectivity index (χ3v) is 3.45. The molecule has 5 heteroatoms. The Morgan fingerprint density at radius 2 is 2.15 bits per heavy atom. The standard InChI is InChI=1S/C15H19ClN2O2/c1-4-17-8-12-6-5-7-14(16)15(12)19-9-13-10(2)18-20-11(13)3/h5-7,17H,4,8-9H2,1-3H3. The zero-order chi connectivity index (χ0) is 14.5. The highest BCUT2D eigenvalue weighted by Crippen LogP contribution is 2.30. The Morgan fingerprint density at radius 3 is 2.80 bits per heavy atom. The first kappa shape index (κ1) is 14.9. The molecule has 0 aliphatic heterocycles. The van der Waals surface area contributed by atoms with E-state index >= 15 is 0 Å². The van der Waals surface area contributed by atoms with E-state index in [0.29, 0.717) is 11.6 Å².